The second kappa shape index (κ2) is 5.56. The maximum atomic E-state index is 11.9. The molecule has 0 aromatic rings. The van der Waals surface area contributed by atoms with Gasteiger partial charge in [-0.05, 0) is 39.5 Å². The zero-order chi connectivity index (χ0) is 13.9. The molecule has 3 N–H and O–H groups in total. The summed E-state index contributed by atoms with van der Waals surface area (Å²) >= 11 is 0. The van der Waals surface area contributed by atoms with Gasteiger partial charge in [-0.15, -0.1) is 0 Å². The topological polar surface area (TPSA) is 92.9 Å². The van der Waals surface area contributed by atoms with Crippen molar-refractivity contribution in [2.24, 2.45) is 11.7 Å². The van der Waals surface area contributed by atoms with E-state index in [1.54, 1.807) is 20.8 Å². The Bertz CT molecular complexity index is 325. The Balaban J connectivity index is 2.52. The molecule has 0 bridgehead atoms. The van der Waals surface area contributed by atoms with Gasteiger partial charge in [0.05, 0.1) is 6.17 Å². The van der Waals surface area contributed by atoms with Crippen LogP contribution in [0.3, 0.4) is 0 Å². The Morgan fingerprint density at radius 3 is 2.50 bits per heavy atom. The Kier molecular flexibility index (Phi) is 4.56. The Morgan fingerprint density at radius 2 is 2.06 bits per heavy atom. The molecule has 1 aliphatic heterocycles. The number of carbonyl (C=O) groups excluding carboxylic acids is 1. The number of nitrogens with zero attached hydrogens (tertiary/aromatic N) is 1. The molecule has 1 fully saturated rings. The number of ether oxygens (including phenoxy) is 1. The van der Waals surface area contributed by atoms with Crippen molar-refractivity contribution in [2.75, 3.05) is 6.54 Å². The minimum Gasteiger partial charge on any atom is -0.481 e. The lowest BCUT2D eigenvalue weighted by Gasteiger charge is -2.37. The summed E-state index contributed by atoms with van der Waals surface area (Å²) in [4.78, 5) is 24.0. The number of likely N-dealkylation sites (tertiary alicyclic amines) is 1. The fourth-order valence-corrected chi connectivity index (χ4v) is 2.05. The highest BCUT2D eigenvalue weighted by atomic mass is 16.6. The molecule has 104 valence electrons. The first-order chi connectivity index (χ1) is 8.19. The van der Waals surface area contributed by atoms with E-state index in [9.17, 15) is 9.59 Å². The number of carbonyl (C=O) groups is 2. The number of rotatable bonds is 2. The van der Waals surface area contributed by atoms with E-state index in [1.165, 1.54) is 4.90 Å². The predicted molar refractivity (Wildman–Crippen MR) is 65.9 cm³/mol. The minimum absolute atomic E-state index is 0.0381. The second-order valence-corrected chi connectivity index (χ2v) is 5.73. The maximum Gasteiger partial charge on any atom is 0.411 e. The fraction of sp³-hybridized carbons (Fsp3) is 0.833. The van der Waals surface area contributed by atoms with Gasteiger partial charge < -0.3 is 15.6 Å². The maximum absolute atomic E-state index is 11.9. The molecule has 0 saturated carbocycles. The lowest BCUT2D eigenvalue weighted by molar-refractivity contribution is -0.138. The molecule has 1 heterocycles. The minimum atomic E-state index is -0.821. The van der Waals surface area contributed by atoms with Gasteiger partial charge in [-0.2, -0.15) is 0 Å². The number of nitrogens with two attached hydrogens (primary N) is 1. The molecule has 2 atom stereocenters. The molecular formula is C12H22N2O4. The summed E-state index contributed by atoms with van der Waals surface area (Å²) in [6, 6.07) is 0. The molecule has 1 amide bonds. The van der Waals surface area contributed by atoms with Crippen molar-refractivity contribution in [2.45, 2.75) is 51.8 Å². The zero-order valence-electron chi connectivity index (χ0n) is 11.2. The molecule has 1 rings (SSSR count). The molecule has 6 heteroatoms. The predicted octanol–water partition coefficient (Wildman–Crippen LogP) is 1.39. The van der Waals surface area contributed by atoms with Gasteiger partial charge in [-0.25, -0.2) is 4.79 Å². The van der Waals surface area contributed by atoms with Crippen LogP contribution in [0.25, 0.3) is 0 Å². The van der Waals surface area contributed by atoms with Crippen molar-refractivity contribution in [3.63, 3.8) is 0 Å². The van der Waals surface area contributed by atoms with Crippen LogP contribution in [0.5, 0.6) is 0 Å². The Labute approximate surface area is 107 Å². The quantitative estimate of drug-likeness (QED) is 0.780. The summed E-state index contributed by atoms with van der Waals surface area (Å²) in [5.74, 6) is -0.783. The van der Waals surface area contributed by atoms with Gasteiger partial charge in [-0.1, -0.05) is 0 Å². The van der Waals surface area contributed by atoms with Crippen LogP contribution < -0.4 is 5.73 Å². The third kappa shape index (κ3) is 4.52. The van der Waals surface area contributed by atoms with E-state index in [4.69, 9.17) is 15.6 Å². The van der Waals surface area contributed by atoms with Gasteiger partial charge in [-0.3, -0.25) is 9.69 Å². The molecule has 18 heavy (non-hydrogen) atoms. The zero-order valence-corrected chi connectivity index (χ0v) is 11.2. The number of piperidine rings is 1. The second-order valence-electron chi connectivity index (χ2n) is 5.73. The molecule has 0 unspecified atom stereocenters. The molecule has 0 aliphatic carbocycles. The fourth-order valence-electron chi connectivity index (χ4n) is 2.05. The highest BCUT2D eigenvalue weighted by Gasteiger charge is 2.32. The van der Waals surface area contributed by atoms with Crippen LogP contribution in [0, 0.1) is 5.92 Å². The van der Waals surface area contributed by atoms with E-state index in [-0.39, 0.29) is 12.3 Å². The summed E-state index contributed by atoms with van der Waals surface area (Å²) in [6.07, 6.45) is 0.377. The summed E-state index contributed by atoms with van der Waals surface area (Å²) in [5, 5.41) is 8.73. The van der Waals surface area contributed by atoms with Crippen molar-refractivity contribution in [1.29, 1.82) is 0 Å². The molecule has 1 aliphatic rings. The highest BCUT2D eigenvalue weighted by Crippen LogP contribution is 2.24. The van der Waals surface area contributed by atoms with Crippen molar-refractivity contribution >= 4 is 12.1 Å². The first-order valence-electron chi connectivity index (χ1n) is 6.16. The third-order valence-corrected chi connectivity index (χ3v) is 2.84. The van der Waals surface area contributed by atoms with Gasteiger partial charge >= 0.3 is 12.1 Å². The summed E-state index contributed by atoms with van der Waals surface area (Å²) in [6.45, 7) is 5.85. The molecular weight excluding hydrogens is 236 g/mol. The van der Waals surface area contributed by atoms with E-state index in [0.29, 0.717) is 19.4 Å². The number of hydrogen-bond donors (Lipinski definition) is 2. The van der Waals surface area contributed by atoms with Crippen LogP contribution in [-0.4, -0.2) is 40.4 Å². The Hall–Kier alpha value is -1.30. The monoisotopic (exact) mass is 258 g/mol. The number of amides is 1. The SMILES string of the molecule is CC(C)(C)OC(=O)N1CC[C@H](CC(=O)O)C[C@@H]1N. The van der Waals surface area contributed by atoms with Gasteiger partial charge in [0.2, 0.25) is 0 Å². The van der Waals surface area contributed by atoms with Crippen molar-refractivity contribution in [3.8, 4) is 0 Å². The van der Waals surface area contributed by atoms with Gasteiger partial charge in [0.15, 0.2) is 0 Å². The highest BCUT2D eigenvalue weighted by molar-refractivity contribution is 5.69. The average molecular weight is 258 g/mol. The summed E-state index contributed by atoms with van der Waals surface area (Å²) in [7, 11) is 0. The van der Waals surface area contributed by atoms with Gasteiger partial charge in [0.25, 0.3) is 0 Å². The van der Waals surface area contributed by atoms with Crippen molar-refractivity contribution in [3.05, 3.63) is 0 Å². The van der Waals surface area contributed by atoms with Crippen molar-refractivity contribution in [1.82, 2.24) is 4.90 Å². The van der Waals surface area contributed by atoms with E-state index in [1.807, 2.05) is 0 Å². The van der Waals surface area contributed by atoms with Gasteiger partial charge in [0.1, 0.15) is 5.60 Å². The summed E-state index contributed by atoms with van der Waals surface area (Å²) < 4.78 is 5.25. The number of carboxylic acid groups (broad SMARTS) is 1. The van der Waals surface area contributed by atoms with Crippen LogP contribution in [-0.2, 0) is 9.53 Å². The lowest BCUT2D eigenvalue weighted by Crippen LogP contribution is -2.52. The summed E-state index contributed by atoms with van der Waals surface area (Å²) in [5.41, 5.74) is 5.35. The van der Waals surface area contributed by atoms with Crippen LogP contribution in [0.4, 0.5) is 4.79 Å². The van der Waals surface area contributed by atoms with Crippen LogP contribution >= 0.6 is 0 Å². The third-order valence-electron chi connectivity index (χ3n) is 2.84. The Morgan fingerprint density at radius 1 is 1.44 bits per heavy atom. The standard InChI is InChI=1S/C12H22N2O4/c1-12(2,3)18-11(17)14-5-4-8(6-9(14)13)7-10(15)16/h8-9H,4-7,13H2,1-3H3,(H,15,16)/t8-,9+/m0/s1. The van der Waals surface area contributed by atoms with E-state index in [2.05, 4.69) is 0 Å². The molecule has 0 aromatic carbocycles. The number of hydrogen-bond acceptors (Lipinski definition) is 4. The molecule has 0 radical (unpaired) electrons. The van der Waals surface area contributed by atoms with E-state index < -0.39 is 23.8 Å². The van der Waals surface area contributed by atoms with Crippen LogP contribution in [0.2, 0.25) is 0 Å². The average Bonchev–Trinajstić information content (AvgIpc) is 2.13. The largest absolute Gasteiger partial charge is 0.481 e. The number of aliphatic carboxylic acids is 1. The van der Waals surface area contributed by atoms with E-state index >= 15 is 0 Å². The lowest BCUT2D eigenvalue weighted by atomic mass is 9.92. The normalized spacial score (nSPS) is 24.8. The molecule has 1 saturated heterocycles. The molecule has 0 spiro atoms. The molecule has 6 nitrogen and oxygen atoms in total. The van der Waals surface area contributed by atoms with E-state index in [0.717, 1.165) is 0 Å². The first kappa shape index (κ1) is 14.8. The van der Waals surface area contributed by atoms with Crippen molar-refractivity contribution < 1.29 is 19.4 Å². The number of carboxylic acids is 1. The van der Waals surface area contributed by atoms with Gasteiger partial charge in [0, 0.05) is 13.0 Å². The van der Waals surface area contributed by atoms with Crippen LogP contribution in [0.15, 0.2) is 0 Å². The molecule has 0 aromatic heterocycles. The smallest absolute Gasteiger partial charge is 0.411 e. The first-order valence-corrected chi connectivity index (χ1v) is 6.16. The van der Waals surface area contributed by atoms with Crippen LogP contribution in [0.1, 0.15) is 40.0 Å².